The van der Waals surface area contributed by atoms with Crippen molar-refractivity contribution in [2.24, 2.45) is 0 Å². The lowest BCUT2D eigenvalue weighted by Crippen LogP contribution is -2.40. The number of rotatable bonds is 7. The van der Waals surface area contributed by atoms with E-state index in [0.29, 0.717) is 19.1 Å². The van der Waals surface area contributed by atoms with Gasteiger partial charge in [0.15, 0.2) is 0 Å². The van der Waals surface area contributed by atoms with Crippen LogP contribution in [0.3, 0.4) is 0 Å². The molecular weight excluding hydrogens is 394 g/mol. The Hall–Kier alpha value is -2.30. The molecule has 4 nitrogen and oxygen atoms in total. The number of likely N-dealkylation sites (N-methyl/N-ethyl adjacent to an activating group) is 1. The Labute approximate surface area is 183 Å². The van der Waals surface area contributed by atoms with Gasteiger partial charge in [-0.25, -0.2) is 0 Å². The van der Waals surface area contributed by atoms with E-state index in [1.807, 2.05) is 35.0 Å². The van der Waals surface area contributed by atoms with E-state index in [1.54, 1.807) is 0 Å². The number of aromatic nitrogens is 1. The average molecular weight is 424 g/mol. The number of carbonyl (C=O) groups excluding carboxylic acids is 1. The maximum atomic E-state index is 12.5. The summed E-state index contributed by atoms with van der Waals surface area (Å²) in [6.07, 6.45) is 8.60. The number of carbonyl (C=O) groups is 1. The molecule has 1 heterocycles. The largest absolute Gasteiger partial charge is 0.353 e. The topological polar surface area (TPSA) is 37.3 Å². The first-order valence-electron chi connectivity index (χ1n) is 10.9. The van der Waals surface area contributed by atoms with Gasteiger partial charge in [0, 0.05) is 35.9 Å². The van der Waals surface area contributed by atoms with Crippen molar-refractivity contribution in [1.82, 2.24) is 14.8 Å². The second-order valence-corrected chi connectivity index (χ2v) is 8.78. The first-order chi connectivity index (χ1) is 14.6. The third kappa shape index (κ3) is 5.05. The first kappa shape index (κ1) is 21.0. The van der Waals surface area contributed by atoms with Gasteiger partial charge in [0.2, 0.25) is 5.91 Å². The molecule has 1 saturated carbocycles. The zero-order valence-corrected chi connectivity index (χ0v) is 18.4. The molecule has 0 unspecified atom stereocenters. The van der Waals surface area contributed by atoms with Gasteiger partial charge in [0.25, 0.3) is 0 Å². The third-order valence-electron chi connectivity index (χ3n) is 6.25. The molecule has 30 heavy (non-hydrogen) atoms. The number of fused-ring (bicyclic) bond motifs is 1. The SMILES string of the molecule is CN(CCNC(=O)Cn1ccc2ccc(-c3ccc(Cl)cc3)cc21)C1CCCCC1. The lowest BCUT2D eigenvalue weighted by Gasteiger charge is -2.31. The Kier molecular flexibility index (Phi) is 6.76. The summed E-state index contributed by atoms with van der Waals surface area (Å²) in [4.78, 5) is 14.9. The van der Waals surface area contributed by atoms with Gasteiger partial charge in [-0.15, -0.1) is 0 Å². The number of halogens is 1. The van der Waals surface area contributed by atoms with E-state index in [9.17, 15) is 4.79 Å². The molecule has 1 aromatic heterocycles. The Balaban J connectivity index is 1.36. The highest BCUT2D eigenvalue weighted by Gasteiger charge is 2.17. The molecule has 0 saturated heterocycles. The fourth-order valence-electron chi connectivity index (χ4n) is 4.43. The minimum atomic E-state index is 0.0569. The summed E-state index contributed by atoms with van der Waals surface area (Å²) in [5, 5.41) is 4.96. The first-order valence-corrected chi connectivity index (χ1v) is 11.3. The van der Waals surface area contributed by atoms with E-state index in [0.717, 1.165) is 33.6 Å². The minimum absolute atomic E-state index is 0.0569. The summed E-state index contributed by atoms with van der Waals surface area (Å²) < 4.78 is 2.02. The summed E-state index contributed by atoms with van der Waals surface area (Å²) in [5.41, 5.74) is 3.30. The standard InChI is InChI=1S/C25H30ClN3O/c1-28(23-5-3-2-4-6-23)16-14-27-25(30)18-29-15-13-20-7-8-21(17-24(20)29)19-9-11-22(26)12-10-19/h7-13,15,17,23H,2-6,14,16,18H2,1H3,(H,27,30). The van der Waals surface area contributed by atoms with Crippen LogP contribution in [-0.4, -0.2) is 41.6 Å². The van der Waals surface area contributed by atoms with Gasteiger partial charge < -0.3 is 14.8 Å². The van der Waals surface area contributed by atoms with Gasteiger partial charge in [-0.3, -0.25) is 4.79 Å². The molecule has 3 aromatic rings. The van der Waals surface area contributed by atoms with Crippen LogP contribution in [0.5, 0.6) is 0 Å². The van der Waals surface area contributed by atoms with E-state index in [1.165, 1.54) is 32.1 Å². The molecule has 0 bridgehead atoms. The summed E-state index contributed by atoms with van der Waals surface area (Å²) in [6, 6.07) is 16.9. The molecule has 5 heteroatoms. The number of nitrogens with one attached hydrogen (secondary N) is 1. The lowest BCUT2D eigenvalue weighted by molar-refractivity contribution is -0.121. The van der Waals surface area contributed by atoms with Crippen molar-refractivity contribution in [3.8, 4) is 11.1 Å². The molecule has 158 valence electrons. The van der Waals surface area contributed by atoms with E-state index >= 15 is 0 Å². The van der Waals surface area contributed by atoms with Crippen molar-refractivity contribution in [2.75, 3.05) is 20.1 Å². The van der Waals surface area contributed by atoms with Gasteiger partial charge in [-0.05, 0) is 60.7 Å². The van der Waals surface area contributed by atoms with Gasteiger partial charge in [0.05, 0.1) is 0 Å². The number of nitrogens with zero attached hydrogens (tertiary/aromatic N) is 2. The van der Waals surface area contributed by atoms with Crippen LogP contribution in [0.1, 0.15) is 32.1 Å². The predicted molar refractivity (Wildman–Crippen MR) is 125 cm³/mol. The fraction of sp³-hybridized carbons (Fsp3) is 0.400. The van der Waals surface area contributed by atoms with Gasteiger partial charge >= 0.3 is 0 Å². The highest BCUT2D eigenvalue weighted by molar-refractivity contribution is 6.30. The van der Waals surface area contributed by atoms with Crippen molar-refractivity contribution >= 4 is 28.4 Å². The van der Waals surface area contributed by atoms with Crippen molar-refractivity contribution < 1.29 is 4.79 Å². The van der Waals surface area contributed by atoms with Crippen LogP contribution in [0.25, 0.3) is 22.0 Å². The van der Waals surface area contributed by atoms with Crippen molar-refractivity contribution in [3.63, 3.8) is 0 Å². The van der Waals surface area contributed by atoms with Crippen molar-refractivity contribution in [2.45, 2.75) is 44.7 Å². The Morgan fingerprint density at radius 1 is 1.07 bits per heavy atom. The summed E-state index contributed by atoms with van der Waals surface area (Å²) in [5.74, 6) is 0.0569. The zero-order valence-electron chi connectivity index (χ0n) is 17.6. The molecule has 0 spiro atoms. The van der Waals surface area contributed by atoms with Crippen LogP contribution in [0.4, 0.5) is 0 Å². The fourth-order valence-corrected chi connectivity index (χ4v) is 4.56. The molecule has 0 aliphatic heterocycles. The smallest absolute Gasteiger partial charge is 0.239 e. The van der Waals surface area contributed by atoms with E-state index in [2.05, 4.69) is 41.5 Å². The van der Waals surface area contributed by atoms with Crippen LogP contribution < -0.4 is 5.32 Å². The Morgan fingerprint density at radius 2 is 1.80 bits per heavy atom. The highest BCUT2D eigenvalue weighted by Crippen LogP contribution is 2.26. The van der Waals surface area contributed by atoms with Gasteiger partial charge in [0.1, 0.15) is 6.54 Å². The van der Waals surface area contributed by atoms with Crippen LogP contribution in [-0.2, 0) is 11.3 Å². The number of hydrogen-bond acceptors (Lipinski definition) is 2. The second-order valence-electron chi connectivity index (χ2n) is 8.35. The molecule has 1 aliphatic carbocycles. The quantitative estimate of drug-likeness (QED) is 0.556. The second kappa shape index (κ2) is 9.67. The molecular formula is C25H30ClN3O. The van der Waals surface area contributed by atoms with E-state index in [-0.39, 0.29) is 5.91 Å². The Morgan fingerprint density at radius 3 is 2.57 bits per heavy atom. The third-order valence-corrected chi connectivity index (χ3v) is 6.50. The highest BCUT2D eigenvalue weighted by atomic mass is 35.5. The normalized spacial score (nSPS) is 15.0. The summed E-state index contributed by atoms with van der Waals surface area (Å²) in [6.45, 7) is 1.94. The van der Waals surface area contributed by atoms with Crippen molar-refractivity contribution in [1.29, 1.82) is 0 Å². The predicted octanol–water partition coefficient (Wildman–Crippen LogP) is 5.34. The molecule has 1 fully saturated rings. The molecule has 1 aliphatic rings. The molecule has 1 amide bonds. The van der Waals surface area contributed by atoms with Crippen molar-refractivity contribution in [3.05, 3.63) is 59.8 Å². The number of hydrogen-bond donors (Lipinski definition) is 1. The summed E-state index contributed by atoms with van der Waals surface area (Å²) in [7, 11) is 2.18. The molecule has 4 rings (SSSR count). The molecule has 0 atom stereocenters. The van der Waals surface area contributed by atoms with Crippen LogP contribution in [0, 0.1) is 0 Å². The maximum absolute atomic E-state index is 12.5. The van der Waals surface area contributed by atoms with Gasteiger partial charge in [-0.2, -0.15) is 0 Å². The Bertz CT molecular complexity index is 989. The number of amides is 1. The molecule has 2 aromatic carbocycles. The maximum Gasteiger partial charge on any atom is 0.239 e. The van der Waals surface area contributed by atoms with Crippen LogP contribution >= 0.6 is 11.6 Å². The number of benzene rings is 2. The average Bonchev–Trinajstić information content (AvgIpc) is 3.16. The zero-order chi connectivity index (χ0) is 20.9. The van der Waals surface area contributed by atoms with E-state index < -0.39 is 0 Å². The molecule has 1 N–H and O–H groups in total. The minimum Gasteiger partial charge on any atom is -0.353 e. The summed E-state index contributed by atoms with van der Waals surface area (Å²) >= 11 is 6.01. The van der Waals surface area contributed by atoms with E-state index in [4.69, 9.17) is 11.6 Å². The van der Waals surface area contributed by atoms with Crippen LogP contribution in [0.15, 0.2) is 54.7 Å². The van der Waals surface area contributed by atoms with Crippen LogP contribution in [0.2, 0.25) is 5.02 Å². The lowest BCUT2D eigenvalue weighted by atomic mass is 9.94. The molecule has 0 radical (unpaired) electrons. The monoisotopic (exact) mass is 423 g/mol. The van der Waals surface area contributed by atoms with Gasteiger partial charge in [-0.1, -0.05) is 55.1 Å².